The molecule has 2 aromatic carbocycles. The molecule has 4 aliphatic rings. The van der Waals surface area contributed by atoms with Crippen LogP contribution in [0.2, 0.25) is 0 Å². The highest BCUT2D eigenvalue weighted by atomic mass is 19.1. The first-order valence-corrected chi connectivity index (χ1v) is 16.4. The van der Waals surface area contributed by atoms with E-state index in [0.717, 1.165) is 80.8 Å². The van der Waals surface area contributed by atoms with E-state index in [4.69, 9.17) is 14.2 Å². The molecular formula is C37H44FN3O5. The normalized spacial score (nSPS) is 19.3. The zero-order chi connectivity index (χ0) is 32.4. The number of hydrogen-bond acceptors (Lipinski definition) is 7. The second kappa shape index (κ2) is 13.4. The fourth-order valence-corrected chi connectivity index (χ4v) is 7.76. The van der Waals surface area contributed by atoms with Gasteiger partial charge in [0, 0.05) is 79.1 Å². The monoisotopic (exact) mass is 629 g/mol. The van der Waals surface area contributed by atoms with Crippen molar-refractivity contribution in [2.75, 3.05) is 51.5 Å². The molecule has 6 rings (SSSR count). The zero-order valence-corrected chi connectivity index (χ0v) is 27.3. The number of anilines is 1. The summed E-state index contributed by atoms with van der Waals surface area (Å²) in [6.07, 6.45) is 7.29. The van der Waals surface area contributed by atoms with Crippen LogP contribution in [-0.4, -0.2) is 64.5 Å². The number of allylic oxidation sites excluding steroid dienone is 2. The van der Waals surface area contributed by atoms with Gasteiger partial charge in [-0.25, -0.2) is 9.18 Å². The van der Waals surface area contributed by atoms with Crippen molar-refractivity contribution in [1.29, 1.82) is 0 Å². The molecule has 2 fully saturated rings. The van der Waals surface area contributed by atoms with Crippen LogP contribution in [0.15, 0.2) is 53.1 Å². The van der Waals surface area contributed by atoms with Crippen LogP contribution in [0.1, 0.15) is 73.0 Å². The van der Waals surface area contributed by atoms with Crippen molar-refractivity contribution in [2.45, 2.75) is 70.8 Å². The van der Waals surface area contributed by atoms with E-state index in [9.17, 15) is 9.59 Å². The largest absolute Gasteiger partial charge is 0.496 e. The Labute approximate surface area is 270 Å². The Morgan fingerprint density at radius 2 is 1.85 bits per heavy atom. The van der Waals surface area contributed by atoms with Crippen molar-refractivity contribution in [3.8, 4) is 11.1 Å². The van der Waals surface area contributed by atoms with E-state index in [1.165, 1.54) is 12.7 Å². The number of methoxy groups -OCH3 is 1. The van der Waals surface area contributed by atoms with Crippen molar-refractivity contribution in [1.82, 2.24) is 10.6 Å². The summed E-state index contributed by atoms with van der Waals surface area (Å²) >= 11 is 0. The lowest BCUT2D eigenvalue weighted by Crippen LogP contribution is -2.40. The third-order valence-electron chi connectivity index (χ3n) is 10.3. The maximum absolute atomic E-state index is 16.0. The van der Waals surface area contributed by atoms with E-state index in [1.807, 2.05) is 31.9 Å². The Morgan fingerprint density at radius 3 is 2.54 bits per heavy atom. The van der Waals surface area contributed by atoms with Crippen molar-refractivity contribution >= 4 is 17.5 Å². The predicted molar refractivity (Wildman–Crippen MR) is 176 cm³/mol. The van der Waals surface area contributed by atoms with Crippen LogP contribution in [0.5, 0.6) is 0 Å². The minimum Gasteiger partial charge on any atom is -0.496 e. The summed E-state index contributed by atoms with van der Waals surface area (Å²) in [7, 11) is 1.53. The average Bonchev–Trinajstić information content (AvgIpc) is 3.40. The van der Waals surface area contributed by atoms with Gasteiger partial charge in [0.25, 0.3) is 5.91 Å². The Bertz CT molecular complexity index is 1630. The van der Waals surface area contributed by atoms with Gasteiger partial charge in [-0.05, 0) is 112 Å². The lowest BCUT2D eigenvalue weighted by Gasteiger charge is -2.37. The Morgan fingerprint density at radius 1 is 1.11 bits per heavy atom. The van der Waals surface area contributed by atoms with Gasteiger partial charge in [0.15, 0.2) is 5.94 Å². The summed E-state index contributed by atoms with van der Waals surface area (Å²) < 4.78 is 32.9. The molecule has 1 spiro atoms. The standard InChI is InChI=1S/C37H44FN3O5/c1-5-41(27-7-12-45-13-8-27)34-19-26(29-20-31-25(18-32(29)38)6-9-37(31)10-14-46-15-11-37)17-28(24(34)3)36(43)39-21-30-33(22-42)40-23(2)16-35(30)44-4/h16-20,27,40H,5-15,21H2,1-4H3,(H,39,43). The minimum atomic E-state index is -0.314. The van der Waals surface area contributed by atoms with Crippen LogP contribution >= 0.6 is 0 Å². The van der Waals surface area contributed by atoms with Gasteiger partial charge in [0.1, 0.15) is 17.3 Å². The molecule has 0 saturated carbocycles. The van der Waals surface area contributed by atoms with Crippen LogP contribution in [-0.2, 0) is 30.8 Å². The molecule has 0 aromatic heterocycles. The van der Waals surface area contributed by atoms with Gasteiger partial charge in [-0.2, -0.15) is 0 Å². The first kappa shape index (κ1) is 32.0. The minimum absolute atomic E-state index is 0.0126. The first-order chi connectivity index (χ1) is 22.3. The molecule has 2 saturated heterocycles. The van der Waals surface area contributed by atoms with Gasteiger partial charge in [0.2, 0.25) is 0 Å². The van der Waals surface area contributed by atoms with Gasteiger partial charge in [-0.3, -0.25) is 4.79 Å². The SMILES string of the molecule is CCN(c1cc(-c2cc3c(cc2F)CCC32CCOCC2)cc(C(=O)NCC2=C(OC)C=C(C)NC2=C=O)c1C)C1CCOCC1. The number of carbonyl (C=O) groups excluding carboxylic acids is 2. The molecule has 0 radical (unpaired) electrons. The maximum Gasteiger partial charge on any atom is 0.251 e. The molecule has 3 aliphatic heterocycles. The van der Waals surface area contributed by atoms with Gasteiger partial charge in [-0.1, -0.05) is 0 Å². The Balaban J connectivity index is 1.43. The van der Waals surface area contributed by atoms with E-state index in [2.05, 4.69) is 28.5 Å². The van der Waals surface area contributed by atoms with Crippen LogP contribution < -0.4 is 15.5 Å². The molecule has 0 unspecified atom stereocenters. The second-order valence-corrected chi connectivity index (χ2v) is 12.8. The lowest BCUT2D eigenvalue weighted by molar-refractivity contribution is 0.0506. The molecule has 1 amide bonds. The van der Waals surface area contributed by atoms with Crippen molar-refractivity contribution in [3.63, 3.8) is 0 Å². The van der Waals surface area contributed by atoms with Crippen LogP contribution in [0.3, 0.4) is 0 Å². The highest BCUT2D eigenvalue weighted by Gasteiger charge is 2.40. The highest BCUT2D eigenvalue weighted by Crippen LogP contribution is 2.48. The lowest BCUT2D eigenvalue weighted by atomic mass is 9.75. The topological polar surface area (TPSA) is 89.1 Å². The number of dihydropyridines is 1. The van der Waals surface area contributed by atoms with Crippen LogP contribution in [0, 0.1) is 12.7 Å². The van der Waals surface area contributed by atoms with Crippen molar-refractivity contribution < 1.29 is 28.2 Å². The summed E-state index contributed by atoms with van der Waals surface area (Å²) in [5.74, 6) is 1.83. The Hall–Kier alpha value is -3.91. The first-order valence-electron chi connectivity index (χ1n) is 16.4. The molecule has 2 N–H and O–H groups in total. The van der Waals surface area contributed by atoms with Gasteiger partial charge < -0.3 is 29.7 Å². The quantitative estimate of drug-likeness (QED) is 0.365. The van der Waals surface area contributed by atoms with E-state index in [1.54, 1.807) is 12.1 Å². The third-order valence-corrected chi connectivity index (χ3v) is 10.3. The van der Waals surface area contributed by atoms with E-state index in [-0.39, 0.29) is 35.4 Å². The molecule has 46 heavy (non-hydrogen) atoms. The van der Waals surface area contributed by atoms with Gasteiger partial charge in [-0.15, -0.1) is 0 Å². The van der Waals surface area contributed by atoms with Gasteiger partial charge >= 0.3 is 0 Å². The number of halogens is 1. The highest BCUT2D eigenvalue weighted by molar-refractivity contribution is 5.99. The molecule has 9 heteroatoms. The third kappa shape index (κ3) is 5.99. The number of benzene rings is 2. The second-order valence-electron chi connectivity index (χ2n) is 12.8. The van der Waals surface area contributed by atoms with Crippen molar-refractivity contribution in [2.24, 2.45) is 0 Å². The molecule has 8 nitrogen and oxygen atoms in total. The van der Waals surface area contributed by atoms with E-state index < -0.39 is 0 Å². The number of amides is 1. The van der Waals surface area contributed by atoms with Crippen LogP contribution in [0.25, 0.3) is 11.1 Å². The van der Waals surface area contributed by atoms with E-state index >= 15 is 4.39 Å². The molecule has 2 aromatic rings. The molecule has 0 atom stereocenters. The molecule has 1 aliphatic carbocycles. The zero-order valence-electron chi connectivity index (χ0n) is 27.3. The maximum atomic E-state index is 16.0. The van der Waals surface area contributed by atoms with E-state index in [0.29, 0.717) is 41.2 Å². The summed E-state index contributed by atoms with van der Waals surface area (Å²) in [4.78, 5) is 28.1. The number of carbonyl (C=O) groups is 1. The molecular weight excluding hydrogens is 585 g/mol. The number of nitrogens with zero attached hydrogens (tertiary/aromatic N) is 1. The molecule has 3 heterocycles. The predicted octanol–water partition coefficient (Wildman–Crippen LogP) is 5.65. The number of nitrogens with one attached hydrogen (secondary N) is 2. The summed E-state index contributed by atoms with van der Waals surface area (Å²) in [6.45, 7) is 9.48. The average molecular weight is 630 g/mol. The molecule has 244 valence electrons. The Kier molecular flexibility index (Phi) is 9.37. The fraction of sp³-hybridized carbons (Fsp3) is 0.486. The summed E-state index contributed by atoms with van der Waals surface area (Å²) in [5.41, 5.74) is 7.18. The smallest absolute Gasteiger partial charge is 0.251 e. The molecule has 0 bridgehead atoms. The van der Waals surface area contributed by atoms with Crippen molar-refractivity contribution in [3.05, 3.63) is 81.1 Å². The number of hydrogen-bond donors (Lipinski definition) is 2. The van der Waals surface area contributed by atoms with Crippen LogP contribution in [0.4, 0.5) is 10.1 Å². The number of fused-ring (bicyclic) bond motifs is 2. The summed E-state index contributed by atoms with van der Waals surface area (Å²) in [6, 6.07) is 7.87. The number of ether oxygens (including phenoxy) is 3. The number of rotatable bonds is 8. The van der Waals surface area contributed by atoms with Gasteiger partial charge in [0.05, 0.1) is 7.11 Å². The number of aryl methyl sites for hydroxylation is 1. The summed E-state index contributed by atoms with van der Waals surface area (Å²) in [5, 5.41) is 6.01. The fourth-order valence-electron chi connectivity index (χ4n) is 7.76.